The number of piperazine rings is 1. The number of nitrogens with one attached hydrogen (secondary N) is 1. The van der Waals surface area contributed by atoms with Crippen LogP contribution in [0.3, 0.4) is 0 Å². The Morgan fingerprint density at radius 2 is 1.87 bits per heavy atom. The zero-order valence-electron chi connectivity index (χ0n) is 17.1. The largest absolute Gasteiger partial charge is 0.467 e. The van der Waals surface area contributed by atoms with Crippen molar-refractivity contribution < 1.29 is 9.21 Å². The fourth-order valence-corrected chi connectivity index (χ4v) is 3.75. The lowest BCUT2D eigenvalue weighted by atomic mass is 10.1. The lowest BCUT2D eigenvalue weighted by Gasteiger charge is -2.36. The number of aromatic amines is 1. The predicted molar refractivity (Wildman–Crippen MR) is 113 cm³/mol. The van der Waals surface area contributed by atoms with Crippen molar-refractivity contribution in [3.63, 3.8) is 0 Å². The molecule has 1 aliphatic rings. The number of hydrogen-bond acceptors (Lipinski definition) is 5. The van der Waals surface area contributed by atoms with Gasteiger partial charge in [-0.15, -0.1) is 0 Å². The summed E-state index contributed by atoms with van der Waals surface area (Å²) in [5.74, 6) is 0.0967. The first-order valence-electron chi connectivity index (χ1n) is 9.90. The summed E-state index contributed by atoms with van der Waals surface area (Å²) in [6.45, 7) is 6.48. The zero-order chi connectivity index (χ0) is 21.3. The third-order valence-corrected chi connectivity index (χ3v) is 5.46. The minimum atomic E-state index is -0.614. The maximum Gasteiger partial charge on any atom is 0.328 e. The number of aryl methyl sites for hydroxylation is 2. The molecule has 1 fully saturated rings. The number of carbonyl (C=O) groups is 1. The SMILES string of the molecule is Cc1ccc(C)c(N2CCN(C(=O)c3c[nH]c(=O)n(Cc4ccco4)c3=O)CC2)c1. The molecule has 1 amide bonds. The number of nitrogens with zero attached hydrogens (tertiary/aromatic N) is 3. The molecule has 1 N–H and O–H groups in total. The second-order valence-corrected chi connectivity index (χ2v) is 7.55. The number of H-pyrrole nitrogens is 1. The van der Waals surface area contributed by atoms with E-state index in [1.807, 2.05) is 0 Å². The van der Waals surface area contributed by atoms with Crippen LogP contribution in [0, 0.1) is 13.8 Å². The van der Waals surface area contributed by atoms with E-state index in [1.165, 1.54) is 29.3 Å². The van der Waals surface area contributed by atoms with Crippen LogP contribution in [0.1, 0.15) is 27.2 Å². The molecule has 4 rings (SSSR count). The first-order chi connectivity index (χ1) is 14.4. The van der Waals surface area contributed by atoms with Gasteiger partial charge in [0.2, 0.25) is 0 Å². The number of rotatable bonds is 4. The summed E-state index contributed by atoms with van der Waals surface area (Å²) in [6.07, 6.45) is 2.68. The minimum Gasteiger partial charge on any atom is -0.467 e. The molecule has 8 heteroatoms. The van der Waals surface area contributed by atoms with E-state index in [1.54, 1.807) is 17.0 Å². The summed E-state index contributed by atoms with van der Waals surface area (Å²) in [4.78, 5) is 44.3. The first kappa shape index (κ1) is 19.8. The summed E-state index contributed by atoms with van der Waals surface area (Å²) in [5.41, 5.74) is 2.33. The maximum absolute atomic E-state index is 13.0. The van der Waals surface area contributed by atoms with Crippen LogP contribution in [0.5, 0.6) is 0 Å². The van der Waals surface area contributed by atoms with Crippen LogP contribution in [0.4, 0.5) is 5.69 Å². The Hall–Kier alpha value is -3.55. The van der Waals surface area contributed by atoms with Gasteiger partial charge in [0.15, 0.2) is 0 Å². The quantitative estimate of drug-likeness (QED) is 0.710. The molecule has 0 aliphatic carbocycles. The average molecular weight is 408 g/mol. The Labute approximate surface area is 173 Å². The Morgan fingerprint density at radius 1 is 1.10 bits per heavy atom. The molecule has 1 aromatic carbocycles. The summed E-state index contributed by atoms with van der Waals surface area (Å²) < 4.78 is 6.21. The van der Waals surface area contributed by atoms with Gasteiger partial charge < -0.3 is 19.2 Å². The van der Waals surface area contributed by atoms with Crippen molar-refractivity contribution in [2.75, 3.05) is 31.1 Å². The van der Waals surface area contributed by atoms with Gasteiger partial charge in [-0.3, -0.25) is 14.2 Å². The smallest absolute Gasteiger partial charge is 0.328 e. The van der Waals surface area contributed by atoms with E-state index in [9.17, 15) is 14.4 Å². The highest BCUT2D eigenvalue weighted by molar-refractivity contribution is 5.93. The molecule has 1 saturated heterocycles. The van der Waals surface area contributed by atoms with Crippen molar-refractivity contribution in [1.29, 1.82) is 0 Å². The van der Waals surface area contributed by atoms with Gasteiger partial charge >= 0.3 is 5.69 Å². The van der Waals surface area contributed by atoms with Crippen LogP contribution in [-0.2, 0) is 6.54 Å². The topological polar surface area (TPSA) is 91.6 Å². The van der Waals surface area contributed by atoms with Crippen molar-refractivity contribution >= 4 is 11.6 Å². The lowest BCUT2D eigenvalue weighted by Crippen LogP contribution is -2.50. The van der Waals surface area contributed by atoms with E-state index in [4.69, 9.17) is 4.42 Å². The van der Waals surface area contributed by atoms with E-state index in [0.717, 1.165) is 4.57 Å². The number of benzene rings is 1. The van der Waals surface area contributed by atoms with E-state index in [2.05, 4.69) is 41.9 Å². The molecular formula is C22H24N4O4. The second kappa shape index (κ2) is 8.06. The normalized spacial score (nSPS) is 14.2. The van der Waals surface area contributed by atoms with Crippen LogP contribution in [-0.4, -0.2) is 46.5 Å². The fraction of sp³-hybridized carbons (Fsp3) is 0.318. The van der Waals surface area contributed by atoms with Gasteiger partial charge in [-0.1, -0.05) is 12.1 Å². The van der Waals surface area contributed by atoms with Crippen molar-refractivity contribution in [3.05, 3.63) is 86.1 Å². The van der Waals surface area contributed by atoms with E-state index >= 15 is 0 Å². The van der Waals surface area contributed by atoms with Gasteiger partial charge in [-0.25, -0.2) is 4.79 Å². The number of amides is 1. The Bertz CT molecular complexity index is 1170. The lowest BCUT2D eigenvalue weighted by molar-refractivity contribution is 0.0743. The number of aromatic nitrogens is 2. The molecule has 3 heterocycles. The summed E-state index contributed by atoms with van der Waals surface area (Å²) in [7, 11) is 0. The van der Waals surface area contributed by atoms with Crippen LogP contribution >= 0.6 is 0 Å². The molecule has 3 aromatic rings. The molecule has 2 aromatic heterocycles. The van der Waals surface area contributed by atoms with E-state index < -0.39 is 11.2 Å². The third kappa shape index (κ3) is 3.80. The number of hydrogen-bond donors (Lipinski definition) is 1. The Morgan fingerprint density at radius 3 is 2.57 bits per heavy atom. The van der Waals surface area contributed by atoms with Crippen LogP contribution in [0.25, 0.3) is 0 Å². The summed E-state index contributed by atoms with van der Waals surface area (Å²) in [5, 5.41) is 0. The van der Waals surface area contributed by atoms with Crippen molar-refractivity contribution in [3.8, 4) is 0 Å². The van der Waals surface area contributed by atoms with Crippen molar-refractivity contribution in [1.82, 2.24) is 14.5 Å². The maximum atomic E-state index is 13.0. The van der Waals surface area contributed by atoms with Crippen LogP contribution in [0.2, 0.25) is 0 Å². The molecule has 0 bridgehead atoms. The zero-order valence-corrected chi connectivity index (χ0v) is 17.1. The first-order valence-corrected chi connectivity index (χ1v) is 9.90. The van der Waals surface area contributed by atoms with Gasteiger partial charge in [0, 0.05) is 38.1 Å². The number of anilines is 1. The Kier molecular flexibility index (Phi) is 5.31. The van der Waals surface area contributed by atoms with E-state index in [0.29, 0.717) is 31.9 Å². The summed E-state index contributed by atoms with van der Waals surface area (Å²) >= 11 is 0. The molecule has 0 saturated carbocycles. The van der Waals surface area contributed by atoms with Gasteiger partial charge in [0.05, 0.1) is 12.8 Å². The van der Waals surface area contributed by atoms with Crippen LogP contribution < -0.4 is 16.1 Å². The Balaban J connectivity index is 1.51. The minimum absolute atomic E-state index is 0.0251. The molecule has 30 heavy (non-hydrogen) atoms. The molecule has 0 unspecified atom stereocenters. The van der Waals surface area contributed by atoms with Gasteiger partial charge in [0.25, 0.3) is 11.5 Å². The van der Waals surface area contributed by atoms with Crippen molar-refractivity contribution in [2.45, 2.75) is 20.4 Å². The molecular weight excluding hydrogens is 384 g/mol. The average Bonchev–Trinajstić information content (AvgIpc) is 3.26. The van der Waals surface area contributed by atoms with Gasteiger partial charge in [-0.2, -0.15) is 0 Å². The summed E-state index contributed by atoms with van der Waals surface area (Å²) in [6, 6.07) is 9.69. The van der Waals surface area contributed by atoms with Crippen molar-refractivity contribution in [2.24, 2.45) is 0 Å². The molecule has 156 valence electrons. The highest BCUT2D eigenvalue weighted by atomic mass is 16.3. The molecule has 8 nitrogen and oxygen atoms in total. The van der Waals surface area contributed by atoms with Gasteiger partial charge in [0.1, 0.15) is 11.3 Å². The fourth-order valence-electron chi connectivity index (χ4n) is 3.75. The third-order valence-electron chi connectivity index (χ3n) is 5.46. The second-order valence-electron chi connectivity index (χ2n) is 7.55. The van der Waals surface area contributed by atoms with Gasteiger partial charge in [-0.05, 0) is 43.2 Å². The molecule has 0 radical (unpaired) electrons. The predicted octanol–water partition coefficient (Wildman–Crippen LogP) is 1.76. The number of carbonyl (C=O) groups excluding carboxylic acids is 1. The van der Waals surface area contributed by atoms with E-state index in [-0.39, 0.29) is 18.0 Å². The highest BCUT2D eigenvalue weighted by Gasteiger charge is 2.26. The molecule has 1 aliphatic heterocycles. The highest BCUT2D eigenvalue weighted by Crippen LogP contribution is 2.23. The molecule has 0 atom stereocenters. The number of furan rings is 1. The monoisotopic (exact) mass is 408 g/mol. The molecule has 0 spiro atoms. The van der Waals surface area contributed by atoms with Crippen LogP contribution in [0.15, 0.2) is 56.8 Å². The standard InChI is InChI=1S/C22H24N4O4/c1-15-5-6-16(2)19(12-15)24-7-9-25(10-8-24)20(27)18-13-23-22(29)26(21(18)28)14-17-4-3-11-30-17/h3-6,11-13H,7-10,14H2,1-2H3,(H,23,29).